The van der Waals surface area contributed by atoms with Crippen molar-refractivity contribution >= 4 is 45.0 Å². The molecule has 4 aromatic rings. The number of fused-ring (bicyclic) bond motifs is 1. The number of anilines is 4. The summed E-state index contributed by atoms with van der Waals surface area (Å²) in [6.45, 7) is 0. The summed E-state index contributed by atoms with van der Waals surface area (Å²) in [4.78, 5) is 15.8. The number of nitrogens with one attached hydrogen (secondary N) is 2. The van der Waals surface area contributed by atoms with E-state index in [1.54, 1.807) is 11.6 Å². The minimum absolute atomic E-state index is 0.0716. The minimum Gasteiger partial charge on any atom is -0.358 e. The summed E-state index contributed by atoms with van der Waals surface area (Å²) in [6.07, 6.45) is 1.64. The average molecular weight is 351 g/mol. The predicted molar refractivity (Wildman–Crippen MR) is 99.2 cm³/mol. The molecule has 7 nitrogen and oxygen atoms in total. The van der Waals surface area contributed by atoms with Crippen LogP contribution in [0.2, 0.25) is 0 Å². The first-order valence-corrected chi connectivity index (χ1v) is 8.38. The summed E-state index contributed by atoms with van der Waals surface area (Å²) in [5, 5.41) is 19.5. The second-order valence-corrected chi connectivity index (χ2v) is 6.17. The zero-order chi connectivity index (χ0) is 17.2. The van der Waals surface area contributed by atoms with E-state index in [1.807, 2.05) is 54.6 Å². The van der Waals surface area contributed by atoms with Gasteiger partial charge in [0, 0.05) is 22.4 Å². The predicted octanol–water partition coefficient (Wildman–Crippen LogP) is 4.79. The Morgan fingerprint density at radius 2 is 1.72 bits per heavy atom. The maximum absolute atomic E-state index is 11.4. The second-order valence-electron chi connectivity index (χ2n) is 5.29. The smallest absolute Gasteiger partial charge is 0.358 e. The molecule has 0 saturated heterocycles. The summed E-state index contributed by atoms with van der Waals surface area (Å²) in [6, 6.07) is 17.3. The van der Waals surface area contributed by atoms with E-state index in [2.05, 4.69) is 15.6 Å². The zero-order valence-electron chi connectivity index (χ0n) is 12.9. The Hall–Kier alpha value is -3.39. The van der Waals surface area contributed by atoms with Gasteiger partial charge in [0.15, 0.2) is 0 Å². The van der Waals surface area contributed by atoms with Crippen molar-refractivity contribution in [1.82, 2.24) is 9.38 Å². The van der Waals surface area contributed by atoms with E-state index in [0.29, 0.717) is 4.96 Å². The lowest BCUT2D eigenvalue weighted by molar-refractivity contribution is -0.389. The molecular formula is C17H13N5O2S. The monoisotopic (exact) mass is 351 g/mol. The van der Waals surface area contributed by atoms with Crippen LogP contribution in [0.4, 0.5) is 28.7 Å². The number of nitro groups is 1. The highest BCUT2D eigenvalue weighted by molar-refractivity contribution is 7.15. The van der Waals surface area contributed by atoms with Gasteiger partial charge in [0.05, 0.1) is 0 Å². The summed E-state index contributed by atoms with van der Waals surface area (Å²) < 4.78 is 1.47. The molecule has 4 rings (SSSR count). The highest BCUT2D eigenvalue weighted by atomic mass is 32.1. The summed E-state index contributed by atoms with van der Waals surface area (Å²) in [7, 11) is 0. The van der Waals surface area contributed by atoms with Crippen molar-refractivity contribution in [2.75, 3.05) is 10.6 Å². The Kier molecular flexibility index (Phi) is 3.79. The van der Waals surface area contributed by atoms with Gasteiger partial charge in [0.1, 0.15) is 6.20 Å². The fourth-order valence-electron chi connectivity index (χ4n) is 2.53. The van der Waals surface area contributed by atoms with Crippen LogP contribution in [0.3, 0.4) is 0 Å². The Labute approximate surface area is 146 Å². The maximum Gasteiger partial charge on any atom is 0.373 e. The van der Waals surface area contributed by atoms with Crippen molar-refractivity contribution < 1.29 is 4.92 Å². The van der Waals surface area contributed by atoms with Crippen LogP contribution in [-0.4, -0.2) is 14.3 Å². The molecule has 0 bridgehead atoms. The molecule has 0 aliphatic carbocycles. The molecule has 0 saturated carbocycles. The number of rotatable bonds is 5. The number of hydrogen-bond acceptors (Lipinski definition) is 6. The second kappa shape index (κ2) is 6.25. The van der Waals surface area contributed by atoms with Crippen molar-refractivity contribution in [1.29, 1.82) is 0 Å². The molecule has 25 heavy (non-hydrogen) atoms. The van der Waals surface area contributed by atoms with E-state index in [1.165, 1.54) is 15.7 Å². The van der Waals surface area contributed by atoms with Crippen LogP contribution in [0.5, 0.6) is 0 Å². The van der Waals surface area contributed by atoms with Crippen LogP contribution in [0.25, 0.3) is 4.96 Å². The molecule has 0 aliphatic heterocycles. The Bertz CT molecular complexity index is 1040. The highest BCUT2D eigenvalue weighted by Gasteiger charge is 2.23. The molecule has 0 fully saturated rings. The fourth-order valence-corrected chi connectivity index (χ4v) is 3.24. The van der Waals surface area contributed by atoms with Gasteiger partial charge in [0.25, 0.3) is 4.96 Å². The Morgan fingerprint density at radius 3 is 2.48 bits per heavy atom. The third kappa shape index (κ3) is 3.02. The van der Waals surface area contributed by atoms with Crippen LogP contribution in [0, 0.1) is 10.1 Å². The fraction of sp³-hybridized carbons (Fsp3) is 0. The van der Waals surface area contributed by atoms with E-state index in [9.17, 15) is 10.1 Å². The Morgan fingerprint density at radius 1 is 1.00 bits per heavy atom. The molecule has 2 aromatic heterocycles. The number of para-hydroxylation sites is 1. The number of benzene rings is 2. The van der Waals surface area contributed by atoms with Crippen LogP contribution >= 0.6 is 11.3 Å². The molecule has 2 N–H and O–H groups in total. The Balaban J connectivity index is 1.63. The van der Waals surface area contributed by atoms with Gasteiger partial charge in [-0.15, -0.1) is 0 Å². The number of nitrogens with zero attached hydrogens (tertiary/aromatic N) is 3. The van der Waals surface area contributed by atoms with E-state index in [-0.39, 0.29) is 11.6 Å². The molecule has 0 spiro atoms. The van der Waals surface area contributed by atoms with Crippen molar-refractivity contribution in [2.24, 2.45) is 0 Å². The molecule has 8 heteroatoms. The lowest BCUT2D eigenvalue weighted by Crippen LogP contribution is -1.98. The molecule has 0 unspecified atom stereocenters. The van der Waals surface area contributed by atoms with Crippen LogP contribution in [0.1, 0.15) is 0 Å². The first-order chi connectivity index (χ1) is 12.2. The number of aromatic nitrogens is 2. The van der Waals surface area contributed by atoms with Gasteiger partial charge in [0.2, 0.25) is 5.82 Å². The average Bonchev–Trinajstić information content (AvgIpc) is 3.16. The van der Waals surface area contributed by atoms with Crippen molar-refractivity contribution in [3.05, 3.63) is 76.3 Å². The minimum atomic E-state index is -0.429. The van der Waals surface area contributed by atoms with Gasteiger partial charge in [-0.2, -0.15) is 9.38 Å². The largest absolute Gasteiger partial charge is 0.373 e. The van der Waals surface area contributed by atoms with Gasteiger partial charge < -0.3 is 20.7 Å². The summed E-state index contributed by atoms with van der Waals surface area (Å²) in [5.41, 5.74) is 2.56. The lowest BCUT2D eigenvalue weighted by Gasteiger charge is -2.09. The molecule has 0 amide bonds. The standard InChI is InChI=1S/C17H13N5O2S/c23-22(24)16-15(20-17-21(16)9-10-25-17)19-14-8-4-7-13(11-14)18-12-5-2-1-3-6-12/h1-11,18-19H. The number of hydrogen-bond donors (Lipinski definition) is 2. The SMILES string of the molecule is O=[N+]([O-])c1c(Nc2cccc(Nc3ccccc3)c2)nc2sccn12. The topological polar surface area (TPSA) is 84.5 Å². The van der Waals surface area contributed by atoms with Gasteiger partial charge in [-0.3, -0.25) is 0 Å². The summed E-state index contributed by atoms with van der Waals surface area (Å²) >= 11 is 1.35. The molecule has 124 valence electrons. The van der Waals surface area contributed by atoms with Crippen molar-refractivity contribution in [3.8, 4) is 0 Å². The highest BCUT2D eigenvalue weighted by Crippen LogP contribution is 2.31. The van der Waals surface area contributed by atoms with E-state index >= 15 is 0 Å². The third-order valence-electron chi connectivity index (χ3n) is 3.60. The molecule has 0 aliphatic rings. The normalized spacial score (nSPS) is 10.7. The van der Waals surface area contributed by atoms with Crippen LogP contribution < -0.4 is 10.6 Å². The lowest BCUT2D eigenvalue weighted by atomic mass is 10.2. The van der Waals surface area contributed by atoms with Gasteiger partial charge in [-0.1, -0.05) is 35.6 Å². The van der Waals surface area contributed by atoms with Gasteiger partial charge in [-0.05, 0) is 35.3 Å². The first-order valence-electron chi connectivity index (χ1n) is 7.50. The first kappa shape index (κ1) is 15.2. The van der Waals surface area contributed by atoms with Gasteiger partial charge in [-0.25, -0.2) is 0 Å². The quantitative estimate of drug-likeness (QED) is 0.399. The van der Waals surface area contributed by atoms with Crippen LogP contribution in [-0.2, 0) is 0 Å². The molecular weight excluding hydrogens is 338 g/mol. The van der Waals surface area contributed by atoms with Crippen molar-refractivity contribution in [3.63, 3.8) is 0 Å². The van der Waals surface area contributed by atoms with Crippen molar-refractivity contribution in [2.45, 2.75) is 0 Å². The molecule has 2 heterocycles. The van der Waals surface area contributed by atoms with E-state index in [4.69, 9.17) is 0 Å². The number of imidazole rings is 1. The maximum atomic E-state index is 11.4. The third-order valence-corrected chi connectivity index (χ3v) is 4.35. The van der Waals surface area contributed by atoms with E-state index < -0.39 is 4.92 Å². The van der Waals surface area contributed by atoms with Gasteiger partial charge >= 0.3 is 5.82 Å². The zero-order valence-corrected chi connectivity index (χ0v) is 13.7. The summed E-state index contributed by atoms with van der Waals surface area (Å²) in [5.74, 6) is 0.159. The van der Waals surface area contributed by atoms with E-state index in [0.717, 1.165) is 17.1 Å². The molecule has 0 radical (unpaired) electrons. The molecule has 2 aromatic carbocycles. The molecule has 0 atom stereocenters. The number of thiazole rings is 1. The van der Waals surface area contributed by atoms with Crippen LogP contribution in [0.15, 0.2) is 66.2 Å².